The predicted molar refractivity (Wildman–Crippen MR) is 77.6 cm³/mol. The Hall–Kier alpha value is -0.830. The van der Waals surface area contributed by atoms with Crippen molar-refractivity contribution in [1.82, 2.24) is 15.1 Å². The van der Waals surface area contributed by atoms with E-state index in [4.69, 9.17) is 0 Å². The maximum Gasteiger partial charge on any atom is 0.0762 e. The zero-order valence-electron chi connectivity index (χ0n) is 12.6. The number of hydrogen-bond donors (Lipinski definition) is 1. The molecule has 0 saturated carbocycles. The summed E-state index contributed by atoms with van der Waals surface area (Å²) >= 11 is 0. The van der Waals surface area contributed by atoms with E-state index in [-0.39, 0.29) is 0 Å². The maximum atomic E-state index is 4.66. The lowest BCUT2D eigenvalue weighted by Gasteiger charge is -2.19. The molecule has 1 aromatic rings. The van der Waals surface area contributed by atoms with E-state index in [0.29, 0.717) is 18.0 Å². The van der Waals surface area contributed by atoms with E-state index in [2.05, 4.69) is 62.0 Å². The first-order valence-corrected chi connectivity index (χ1v) is 7.39. The molecule has 2 atom stereocenters. The van der Waals surface area contributed by atoms with Gasteiger partial charge >= 0.3 is 0 Å². The lowest BCUT2D eigenvalue weighted by atomic mass is 10.0. The second-order valence-electron chi connectivity index (χ2n) is 5.31. The van der Waals surface area contributed by atoms with Crippen molar-refractivity contribution >= 4 is 0 Å². The van der Waals surface area contributed by atoms with Crippen LogP contribution in [0.15, 0.2) is 12.3 Å². The lowest BCUT2D eigenvalue weighted by Crippen LogP contribution is -2.31. The quantitative estimate of drug-likeness (QED) is 0.762. The molecule has 0 saturated heterocycles. The van der Waals surface area contributed by atoms with E-state index in [9.17, 15) is 0 Å². The van der Waals surface area contributed by atoms with Crippen LogP contribution < -0.4 is 5.32 Å². The second-order valence-corrected chi connectivity index (χ2v) is 5.31. The zero-order valence-corrected chi connectivity index (χ0v) is 12.6. The summed E-state index contributed by atoms with van der Waals surface area (Å²) in [7, 11) is 0. The summed E-state index contributed by atoms with van der Waals surface area (Å²) in [5, 5.41) is 8.23. The minimum Gasteiger partial charge on any atom is -0.308 e. The van der Waals surface area contributed by atoms with Gasteiger partial charge in [-0.25, -0.2) is 0 Å². The van der Waals surface area contributed by atoms with E-state index >= 15 is 0 Å². The van der Waals surface area contributed by atoms with Gasteiger partial charge in [0.25, 0.3) is 0 Å². The van der Waals surface area contributed by atoms with Crippen LogP contribution in [0.2, 0.25) is 0 Å². The van der Waals surface area contributed by atoms with E-state index in [1.54, 1.807) is 0 Å². The molecule has 1 rings (SSSR count). The molecule has 1 heterocycles. The van der Waals surface area contributed by atoms with Crippen LogP contribution in [0, 0.1) is 5.92 Å². The van der Waals surface area contributed by atoms with Crippen LogP contribution >= 0.6 is 0 Å². The van der Waals surface area contributed by atoms with Gasteiger partial charge in [-0.3, -0.25) is 4.68 Å². The standard InChI is InChI=1S/C15H29N3/c1-6-12(4)13(5)16-11-14-9-10-18(17-14)15(7-2)8-3/h9-10,12-13,15-16H,6-8,11H2,1-5H3. The summed E-state index contributed by atoms with van der Waals surface area (Å²) in [6, 6.07) is 3.23. The predicted octanol–water partition coefficient (Wildman–Crippen LogP) is 3.77. The highest BCUT2D eigenvalue weighted by Gasteiger charge is 2.11. The number of rotatable bonds is 8. The molecule has 0 bridgehead atoms. The summed E-state index contributed by atoms with van der Waals surface area (Å²) in [6.45, 7) is 12.1. The fraction of sp³-hybridized carbons (Fsp3) is 0.800. The van der Waals surface area contributed by atoms with Crippen LogP contribution in [0.1, 0.15) is 65.6 Å². The normalized spacial score (nSPS) is 15.0. The summed E-state index contributed by atoms with van der Waals surface area (Å²) in [4.78, 5) is 0. The molecular formula is C15H29N3. The number of nitrogens with one attached hydrogen (secondary N) is 1. The number of hydrogen-bond acceptors (Lipinski definition) is 2. The molecular weight excluding hydrogens is 222 g/mol. The fourth-order valence-corrected chi connectivity index (χ4v) is 2.16. The van der Waals surface area contributed by atoms with Gasteiger partial charge in [-0.15, -0.1) is 0 Å². The van der Waals surface area contributed by atoms with Gasteiger partial charge in [-0.05, 0) is 31.7 Å². The van der Waals surface area contributed by atoms with Crippen LogP contribution in [0.5, 0.6) is 0 Å². The third-order valence-corrected chi connectivity index (χ3v) is 4.08. The Kier molecular flexibility index (Phi) is 6.41. The van der Waals surface area contributed by atoms with Gasteiger partial charge < -0.3 is 5.32 Å². The molecule has 3 heteroatoms. The molecule has 0 amide bonds. The average Bonchev–Trinajstić information content (AvgIpc) is 2.85. The summed E-state index contributed by atoms with van der Waals surface area (Å²) in [5.41, 5.74) is 1.15. The summed E-state index contributed by atoms with van der Waals surface area (Å²) in [5.74, 6) is 0.714. The van der Waals surface area contributed by atoms with Crippen molar-refractivity contribution in [3.05, 3.63) is 18.0 Å². The van der Waals surface area contributed by atoms with E-state index < -0.39 is 0 Å². The Morgan fingerprint density at radius 2 is 1.83 bits per heavy atom. The van der Waals surface area contributed by atoms with Gasteiger partial charge in [-0.2, -0.15) is 5.10 Å². The van der Waals surface area contributed by atoms with Gasteiger partial charge in [0, 0.05) is 18.8 Å². The van der Waals surface area contributed by atoms with Gasteiger partial charge in [0.1, 0.15) is 0 Å². The second kappa shape index (κ2) is 7.57. The smallest absolute Gasteiger partial charge is 0.0762 e. The molecule has 0 aliphatic carbocycles. The Balaban J connectivity index is 2.49. The molecule has 0 aromatic carbocycles. The molecule has 2 unspecified atom stereocenters. The lowest BCUT2D eigenvalue weighted by molar-refractivity contribution is 0.383. The Bertz CT molecular complexity index is 328. The first-order chi connectivity index (χ1) is 8.62. The van der Waals surface area contributed by atoms with Crippen molar-refractivity contribution in [1.29, 1.82) is 0 Å². The molecule has 104 valence electrons. The third kappa shape index (κ3) is 4.13. The van der Waals surface area contributed by atoms with Gasteiger partial charge in [0.05, 0.1) is 11.7 Å². The van der Waals surface area contributed by atoms with Crippen molar-refractivity contribution in [2.24, 2.45) is 5.92 Å². The minimum absolute atomic E-state index is 0.547. The van der Waals surface area contributed by atoms with Gasteiger partial charge in [-0.1, -0.05) is 34.1 Å². The van der Waals surface area contributed by atoms with E-state index in [1.807, 2.05) is 0 Å². The van der Waals surface area contributed by atoms with E-state index in [1.165, 1.54) is 6.42 Å². The van der Waals surface area contributed by atoms with Crippen LogP contribution in [-0.2, 0) is 6.54 Å². The van der Waals surface area contributed by atoms with Crippen LogP contribution in [0.25, 0.3) is 0 Å². The molecule has 0 aliphatic heterocycles. The number of aromatic nitrogens is 2. The Labute approximate surface area is 112 Å². The molecule has 0 spiro atoms. The highest BCUT2D eigenvalue weighted by molar-refractivity contribution is 4.99. The first kappa shape index (κ1) is 15.2. The monoisotopic (exact) mass is 251 g/mol. The van der Waals surface area contributed by atoms with Gasteiger partial charge in [0.2, 0.25) is 0 Å². The first-order valence-electron chi connectivity index (χ1n) is 7.39. The topological polar surface area (TPSA) is 29.9 Å². The average molecular weight is 251 g/mol. The molecule has 0 radical (unpaired) electrons. The van der Waals surface area contributed by atoms with E-state index in [0.717, 1.165) is 25.1 Å². The largest absolute Gasteiger partial charge is 0.308 e. The molecule has 0 aliphatic rings. The van der Waals surface area contributed by atoms with Crippen LogP contribution in [0.4, 0.5) is 0 Å². The minimum atomic E-state index is 0.547. The number of nitrogens with zero attached hydrogens (tertiary/aromatic N) is 2. The third-order valence-electron chi connectivity index (χ3n) is 4.08. The Morgan fingerprint density at radius 3 is 2.39 bits per heavy atom. The van der Waals surface area contributed by atoms with Crippen molar-refractivity contribution in [3.63, 3.8) is 0 Å². The van der Waals surface area contributed by atoms with Crippen molar-refractivity contribution < 1.29 is 0 Å². The zero-order chi connectivity index (χ0) is 13.5. The van der Waals surface area contributed by atoms with Crippen molar-refractivity contribution in [2.75, 3.05) is 0 Å². The molecule has 3 nitrogen and oxygen atoms in total. The summed E-state index contributed by atoms with van der Waals surface area (Å²) in [6.07, 6.45) is 5.63. The van der Waals surface area contributed by atoms with Crippen molar-refractivity contribution in [3.8, 4) is 0 Å². The van der Waals surface area contributed by atoms with Gasteiger partial charge in [0.15, 0.2) is 0 Å². The maximum absolute atomic E-state index is 4.66. The van der Waals surface area contributed by atoms with Crippen molar-refractivity contribution in [2.45, 2.75) is 72.5 Å². The highest BCUT2D eigenvalue weighted by atomic mass is 15.3. The fourth-order valence-electron chi connectivity index (χ4n) is 2.16. The molecule has 0 fully saturated rings. The highest BCUT2D eigenvalue weighted by Crippen LogP contribution is 2.14. The SMILES string of the molecule is CCC(C)C(C)NCc1ccn(C(CC)CC)n1. The van der Waals surface area contributed by atoms with Crippen LogP contribution in [-0.4, -0.2) is 15.8 Å². The molecule has 1 aromatic heterocycles. The Morgan fingerprint density at radius 1 is 1.17 bits per heavy atom. The summed E-state index contributed by atoms with van der Waals surface area (Å²) < 4.78 is 2.12. The molecule has 1 N–H and O–H groups in total. The molecule has 18 heavy (non-hydrogen) atoms. The van der Waals surface area contributed by atoms with Crippen LogP contribution in [0.3, 0.4) is 0 Å².